The third-order valence-electron chi connectivity index (χ3n) is 4.10. The second-order valence-corrected chi connectivity index (χ2v) is 7.71. The summed E-state index contributed by atoms with van der Waals surface area (Å²) in [5, 5.41) is 11.5. The molecule has 1 N–H and O–H groups in total. The van der Waals surface area contributed by atoms with E-state index in [4.69, 9.17) is 4.74 Å². The van der Waals surface area contributed by atoms with Gasteiger partial charge < -0.3 is 9.72 Å². The van der Waals surface area contributed by atoms with Crippen LogP contribution in [0.4, 0.5) is 0 Å². The van der Waals surface area contributed by atoms with Crippen LogP contribution in [-0.2, 0) is 11.3 Å². The molecule has 0 amide bonds. The fraction of sp³-hybridized carbons (Fsp3) is 0.353. The highest BCUT2D eigenvalue weighted by molar-refractivity contribution is 7.99. The molecule has 1 fully saturated rings. The predicted octanol–water partition coefficient (Wildman–Crippen LogP) is 3.49. The summed E-state index contributed by atoms with van der Waals surface area (Å²) >= 11 is 3.06. The Morgan fingerprint density at radius 1 is 1.40 bits per heavy atom. The number of carbonyl (C=O) groups is 1. The number of rotatable bonds is 7. The maximum absolute atomic E-state index is 12.2. The Hall–Kier alpha value is -1.90. The Balaban J connectivity index is 1.54. The Morgan fingerprint density at radius 2 is 2.36 bits per heavy atom. The van der Waals surface area contributed by atoms with Gasteiger partial charge in [0, 0.05) is 12.8 Å². The van der Waals surface area contributed by atoms with E-state index < -0.39 is 0 Å². The molecule has 4 rings (SSSR count). The van der Waals surface area contributed by atoms with Crippen LogP contribution in [0, 0.1) is 0 Å². The molecule has 6 nitrogen and oxygen atoms in total. The van der Waals surface area contributed by atoms with Gasteiger partial charge in [-0.15, -0.1) is 21.5 Å². The summed E-state index contributed by atoms with van der Waals surface area (Å²) in [4.78, 5) is 16.3. The Bertz CT molecular complexity index is 821. The normalized spacial score (nSPS) is 17.2. The lowest BCUT2D eigenvalue weighted by molar-refractivity contribution is 0.0953. The van der Waals surface area contributed by atoms with E-state index in [0.717, 1.165) is 41.9 Å². The summed E-state index contributed by atoms with van der Waals surface area (Å²) in [5.74, 6) is 1.23. The highest BCUT2D eigenvalue weighted by Crippen LogP contribution is 2.29. The number of aromatic amines is 1. The number of aromatic nitrogens is 4. The van der Waals surface area contributed by atoms with Crippen molar-refractivity contribution in [2.24, 2.45) is 0 Å². The van der Waals surface area contributed by atoms with Gasteiger partial charge in [-0.2, -0.15) is 0 Å². The van der Waals surface area contributed by atoms with Gasteiger partial charge in [0.2, 0.25) is 0 Å². The predicted molar refractivity (Wildman–Crippen MR) is 98.2 cm³/mol. The van der Waals surface area contributed by atoms with Gasteiger partial charge in [-0.1, -0.05) is 17.8 Å². The van der Waals surface area contributed by atoms with Crippen LogP contribution in [0.5, 0.6) is 0 Å². The molecule has 0 radical (unpaired) electrons. The van der Waals surface area contributed by atoms with Crippen molar-refractivity contribution in [2.75, 3.05) is 12.4 Å². The molecular formula is C17H18N4O2S2. The summed E-state index contributed by atoms with van der Waals surface area (Å²) in [7, 11) is 0. The number of hydrogen-bond acceptors (Lipinski definition) is 6. The Morgan fingerprint density at radius 3 is 3.08 bits per heavy atom. The van der Waals surface area contributed by atoms with E-state index in [1.807, 2.05) is 23.6 Å². The third kappa shape index (κ3) is 3.70. The number of ketones is 1. The summed E-state index contributed by atoms with van der Waals surface area (Å²) in [6.45, 7) is 1.54. The minimum atomic E-state index is 0.0549. The number of carbonyl (C=O) groups excluding carboxylic acids is 1. The first-order chi connectivity index (χ1) is 12.3. The number of ether oxygens (including phenoxy) is 1. The monoisotopic (exact) mass is 374 g/mol. The van der Waals surface area contributed by atoms with Crippen LogP contribution < -0.4 is 0 Å². The molecule has 25 heavy (non-hydrogen) atoms. The second-order valence-electron chi connectivity index (χ2n) is 5.82. The van der Waals surface area contributed by atoms with E-state index in [0.29, 0.717) is 11.4 Å². The molecule has 130 valence electrons. The average molecular weight is 374 g/mol. The topological polar surface area (TPSA) is 72.8 Å². The molecule has 0 spiro atoms. The number of hydrogen-bond donors (Lipinski definition) is 1. The van der Waals surface area contributed by atoms with Crippen LogP contribution in [0.2, 0.25) is 0 Å². The van der Waals surface area contributed by atoms with E-state index in [9.17, 15) is 4.79 Å². The minimum Gasteiger partial charge on any atom is -0.376 e. The van der Waals surface area contributed by atoms with Crippen molar-refractivity contribution < 1.29 is 9.53 Å². The molecule has 1 atom stereocenters. The van der Waals surface area contributed by atoms with E-state index >= 15 is 0 Å². The minimum absolute atomic E-state index is 0.0549. The van der Waals surface area contributed by atoms with E-state index in [1.165, 1.54) is 11.8 Å². The highest BCUT2D eigenvalue weighted by Gasteiger charge is 2.22. The van der Waals surface area contributed by atoms with E-state index in [1.54, 1.807) is 23.6 Å². The summed E-state index contributed by atoms with van der Waals surface area (Å²) < 4.78 is 7.88. The number of nitrogens with zero attached hydrogens (tertiary/aromatic N) is 3. The molecule has 0 bridgehead atoms. The third-order valence-corrected chi connectivity index (χ3v) is 5.93. The zero-order valence-electron chi connectivity index (χ0n) is 13.6. The molecule has 1 aliphatic heterocycles. The number of Topliss-reactive ketones (excluding diaryl/α,β-unsaturated/α-hetero) is 1. The van der Waals surface area contributed by atoms with Gasteiger partial charge in [0.25, 0.3) is 0 Å². The largest absolute Gasteiger partial charge is 0.376 e. The zero-order valence-corrected chi connectivity index (χ0v) is 15.2. The molecular weight excluding hydrogens is 356 g/mol. The molecule has 1 saturated heterocycles. The van der Waals surface area contributed by atoms with E-state index in [2.05, 4.69) is 19.7 Å². The molecule has 4 heterocycles. The second kappa shape index (κ2) is 7.55. The van der Waals surface area contributed by atoms with Gasteiger partial charge in [0.1, 0.15) is 0 Å². The molecule has 0 unspecified atom stereocenters. The first-order valence-electron chi connectivity index (χ1n) is 8.19. The van der Waals surface area contributed by atoms with Crippen LogP contribution in [-0.4, -0.2) is 44.0 Å². The van der Waals surface area contributed by atoms with Gasteiger partial charge in [0.15, 0.2) is 16.8 Å². The first kappa shape index (κ1) is 16.6. The smallest absolute Gasteiger partial charge is 0.192 e. The van der Waals surface area contributed by atoms with Crippen molar-refractivity contribution in [3.63, 3.8) is 0 Å². The van der Waals surface area contributed by atoms with Crippen molar-refractivity contribution in [1.82, 2.24) is 19.7 Å². The molecule has 0 saturated carbocycles. The first-order valence-corrected chi connectivity index (χ1v) is 10.1. The number of thioether (sulfide) groups is 1. The van der Waals surface area contributed by atoms with Gasteiger partial charge >= 0.3 is 0 Å². The average Bonchev–Trinajstić information content (AvgIpc) is 3.40. The van der Waals surface area contributed by atoms with Crippen molar-refractivity contribution in [3.8, 4) is 10.7 Å². The fourth-order valence-corrected chi connectivity index (χ4v) is 4.40. The van der Waals surface area contributed by atoms with Gasteiger partial charge in [-0.25, -0.2) is 0 Å². The van der Waals surface area contributed by atoms with Crippen LogP contribution in [0.1, 0.15) is 23.3 Å². The van der Waals surface area contributed by atoms with Crippen LogP contribution in [0.3, 0.4) is 0 Å². The Kier molecular flexibility index (Phi) is 5.00. The van der Waals surface area contributed by atoms with Crippen molar-refractivity contribution in [1.29, 1.82) is 0 Å². The molecule has 8 heteroatoms. The van der Waals surface area contributed by atoms with Crippen molar-refractivity contribution in [2.45, 2.75) is 30.6 Å². The molecule has 0 aromatic carbocycles. The summed E-state index contributed by atoms with van der Waals surface area (Å²) in [5.41, 5.74) is 0.621. The molecule has 3 aromatic rings. The highest BCUT2D eigenvalue weighted by atomic mass is 32.2. The number of H-pyrrole nitrogens is 1. The zero-order chi connectivity index (χ0) is 17.1. The van der Waals surface area contributed by atoms with Crippen LogP contribution in [0.25, 0.3) is 10.7 Å². The van der Waals surface area contributed by atoms with Crippen LogP contribution >= 0.6 is 23.1 Å². The lowest BCUT2D eigenvalue weighted by Gasteiger charge is -2.14. The molecule has 3 aromatic heterocycles. The van der Waals surface area contributed by atoms with E-state index in [-0.39, 0.29) is 11.9 Å². The van der Waals surface area contributed by atoms with Crippen LogP contribution in [0.15, 0.2) is 41.0 Å². The summed E-state index contributed by atoms with van der Waals surface area (Å²) in [6, 6.07) is 7.66. The lowest BCUT2D eigenvalue weighted by atomic mass is 10.2. The maximum Gasteiger partial charge on any atom is 0.192 e. The molecule has 0 aliphatic carbocycles. The van der Waals surface area contributed by atoms with Gasteiger partial charge in [0.05, 0.1) is 29.0 Å². The number of thiophene rings is 1. The van der Waals surface area contributed by atoms with Gasteiger partial charge in [-0.05, 0) is 36.4 Å². The fourth-order valence-electron chi connectivity index (χ4n) is 2.85. The Labute approximate surface area is 153 Å². The van der Waals surface area contributed by atoms with Crippen molar-refractivity contribution in [3.05, 3.63) is 41.5 Å². The quantitative estimate of drug-likeness (QED) is 0.506. The standard InChI is InChI=1S/C17H18N4O2S2/c22-14(13-5-1-7-18-13)11-25-17-20-19-16(15-6-3-9-24-15)21(17)10-12-4-2-8-23-12/h1,3,5-7,9,12,18H,2,4,8,10-11H2/t12-/m0/s1. The van der Waals surface area contributed by atoms with Gasteiger partial charge in [-0.3, -0.25) is 9.36 Å². The SMILES string of the molecule is O=C(CSc1nnc(-c2cccs2)n1C[C@@H]1CCCO1)c1ccc[nH]1. The lowest BCUT2D eigenvalue weighted by Crippen LogP contribution is -2.17. The van der Waals surface area contributed by atoms with Crippen molar-refractivity contribution >= 4 is 28.9 Å². The summed E-state index contributed by atoms with van der Waals surface area (Å²) in [6.07, 6.45) is 4.09. The molecule has 1 aliphatic rings. The maximum atomic E-state index is 12.2. The number of nitrogens with one attached hydrogen (secondary N) is 1.